The number of hydrogen-bond donors (Lipinski definition) is 1. The zero-order valence-electron chi connectivity index (χ0n) is 18.6. The van der Waals surface area contributed by atoms with Gasteiger partial charge in [0.25, 0.3) is 0 Å². The van der Waals surface area contributed by atoms with E-state index in [0.29, 0.717) is 6.10 Å². The molecule has 0 amide bonds. The maximum atomic E-state index is 11.1. The van der Waals surface area contributed by atoms with Crippen molar-refractivity contribution in [1.29, 1.82) is 0 Å². The Hall–Kier alpha value is -1.75. The molecule has 2 fully saturated rings. The lowest BCUT2D eigenvalue weighted by Crippen LogP contribution is -2.46. The van der Waals surface area contributed by atoms with Crippen molar-refractivity contribution in [2.24, 2.45) is 0 Å². The van der Waals surface area contributed by atoms with E-state index in [0.717, 1.165) is 62.6 Å². The second-order valence-electron chi connectivity index (χ2n) is 9.24. The van der Waals surface area contributed by atoms with Crippen molar-refractivity contribution in [2.75, 3.05) is 38.1 Å². The molecule has 4 rings (SSSR count). The minimum Gasteiger partial charge on any atom is -0.490 e. The third-order valence-corrected chi connectivity index (χ3v) is 7.36. The number of likely N-dealkylation sites (tertiary alicyclic amines) is 1. The lowest BCUT2D eigenvalue weighted by atomic mass is 9.88. The zero-order valence-corrected chi connectivity index (χ0v) is 19.4. The standard InChI is InChI=1S/C26H35ClN2O2/c1-28(22-9-11-24(12-10-22)31-23-6-4-7-23)18-14-26(30)15-19-29(20-16-26)17-13-21-5-2-3-8-25(21)27/h2-3,5,8-12,23,30H,4,6-7,13-20H2,1H3. The molecule has 0 radical (unpaired) electrons. The number of rotatable bonds is 9. The number of nitrogens with zero attached hydrogens (tertiary/aromatic N) is 2. The molecule has 168 valence electrons. The first kappa shape index (κ1) is 22.4. The highest BCUT2D eigenvalue weighted by Crippen LogP contribution is 2.29. The summed E-state index contributed by atoms with van der Waals surface area (Å²) in [5, 5.41) is 11.9. The van der Waals surface area contributed by atoms with Crippen molar-refractivity contribution in [3.05, 3.63) is 59.1 Å². The van der Waals surface area contributed by atoms with Gasteiger partial charge in [-0.05, 0) is 80.8 Å². The van der Waals surface area contributed by atoms with E-state index in [1.165, 1.54) is 30.5 Å². The molecule has 31 heavy (non-hydrogen) atoms. The van der Waals surface area contributed by atoms with Gasteiger partial charge in [0.1, 0.15) is 5.75 Å². The van der Waals surface area contributed by atoms with Crippen LogP contribution in [0.15, 0.2) is 48.5 Å². The number of ether oxygens (including phenoxy) is 1. The second-order valence-corrected chi connectivity index (χ2v) is 9.65. The minimum absolute atomic E-state index is 0.411. The SMILES string of the molecule is CN(CCC1(O)CCN(CCc2ccccc2Cl)CC1)c1ccc(OC2CCC2)cc1. The first-order valence-electron chi connectivity index (χ1n) is 11.7. The molecule has 2 aromatic rings. The van der Waals surface area contributed by atoms with Crippen LogP contribution in [0.5, 0.6) is 5.75 Å². The smallest absolute Gasteiger partial charge is 0.119 e. The monoisotopic (exact) mass is 442 g/mol. The highest BCUT2D eigenvalue weighted by molar-refractivity contribution is 6.31. The van der Waals surface area contributed by atoms with Crippen LogP contribution in [0.1, 0.15) is 44.1 Å². The summed E-state index contributed by atoms with van der Waals surface area (Å²) in [5.41, 5.74) is 1.81. The molecule has 1 N–H and O–H groups in total. The molecular weight excluding hydrogens is 408 g/mol. The molecule has 0 aromatic heterocycles. The molecule has 1 saturated carbocycles. The summed E-state index contributed by atoms with van der Waals surface area (Å²) in [5.74, 6) is 0.963. The van der Waals surface area contributed by atoms with E-state index in [1.54, 1.807) is 0 Å². The normalized spacial score (nSPS) is 19.1. The van der Waals surface area contributed by atoms with Crippen LogP contribution in [0.4, 0.5) is 5.69 Å². The van der Waals surface area contributed by atoms with Gasteiger partial charge in [0.2, 0.25) is 0 Å². The average molecular weight is 443 g/mol. The summed E-state index contributed by atoms with van der Waals surface area (Å²) >= 11 is 6.28. The fraction of sp³-hybridized carbons (Fsp3) is 0.538. The van der Waals surface area contributed by atoms with E-state index >= 15 is 0 Å². The van der Waals surface area contributed by atoms with E-state index in [2.05, 4.69) is 47.2 Å². The third kappa shape index (κ3) is 6.15. The number of hydrogen-bond acceptors (Lipinski definition) is 4. The van der Waals surface area contributed by atoms with Gasteiger partial charge in [-0.1, -0.05) is 29.8 Å². The molecule has 0 atom stereocenters. The van der Waals surface area contributed by atoms with Gasteiger partial charge in [0.15, 0.2) is 0 Å². The Morgan fingerprint density at radius 1 is 1.10 bits per heavy atom. The number of benzene rings is 2. The Kier molecular flexibility index (Phi) is 7.42. The van der Waals surface area contributed by atoms with Gasteiger partial charge >= 0.3 is 0 Å². The van der Waals surface area contributed by atoms with Crippen LogP contribution in [0.3, 0.4) is 0 Å². The number of halogens is 1. The molecule has 1 heterocycles. The molecule has 0 spiro atoms. The van der Waals surface area contributed by atoms with Gasteiger partial charge in [-0.3, -0.25) is 0 Å². The predicted octanol–water partition coefficient (Wildman–Crippen LogP) is 5.17. The van der Waals surface area contributed by atoms with Crippen molar-refractivity contribution in [2.45, 2.75) is 56.7 Å². The lowest BCUT2D eigenvalue weighted by Gasteiger charge is -2.39. The van der Waals surface area contributed by atoms with Crippen molar-refractivity contribution in [3.63, 3.8) is 0 Å². The Labute approximate surface area is 191 Å². The average Bonchev–Trinajstić information content (AvgIpc) is 2.76. The molecule has 0 unspecified atom stereocenters. The topological polar surface area (TPSA) is 35.9 Å². The van der Waals surface area contributed by atoms with Crippen molar-refractivity contribution in [1.82, 2.24) is 4.90 Å². The third-order valence-electron chi connectivity index (χ3n) is 6.99. The van der Waals surface area contributed by atoms with Gasteiger partial charge in [0, 0.05) is 43.9 Å². The molecule has 1 saturated heterocycles. The summed E-state index contributed by atoms with van der Waals surface area (Å²) in [6.07, 6.45) is 7.47. The first-order valence-corrected chi connectivity index (χ1v) is 12.0. The Morgan fingerprint density at radius 2 is 1.81 bits per heavy atom. The molecule has 4 nitrogen and oxygen atoms in total. The minimum atomic E-state index is -0.567. The van der Waals surface area contributed by atoms with Gasteiger partial charge in [-0.2, -0.15) is 0 Å². The Balaban J connectivity index is 1.19. The van der Waals surface area contributed by atoms with Crippen LogP contribution < -0.4 is 9.64 Å². The number of piperidine rings is 1. The van der Waals surface area contributed by atoms with Crippen LogP contribution in [-0.4, -0.2) is 54.9 Å². The summed E-state index contributed by atoms with van der Waals surface area (Å²) in [6, 6.07) is 16.4. The summed E-state index contributed by atoms with van der Waals surface area (Å²) in [7, 11) is 2.10. The largest absolute Gasteiger partial charge is 0.490 e. The van der Waals surface area contributed by atoms with E-state index < -0.39 is 5.60 Å². The fourth-order valence-electron chi connectivity index (χ4n) is 4.39. The maximum Gasteiger partial charge on any atom is 0.119 e. The summed E-state index contributed by atoms with van der Waals surface area (Å²) in [6.45, 7) is 3.73. The maximum absolute atomic E-state index is 11.1. The van der Waals surface area contributed by atoms with Gasteiger partial charge in [-0.25, -0.2) is 0 Å². The first-order chi connectivity index (χ1) is 15.0. The molecule has 5 heteroatoms. The molecule has 0 bridgehead atoms. The van der Waals surface area contributed by atoms with Crippen LogP contribution in [0.25, 0.3) is 0 Å². The highest BCUT2D eigenvalue weighted by Gasteiger charge is 2.32. The van der Waals surface area contributed by atoms with Crippen molar-refractivity contribution in [3.8, 4) is 5.75 Å². The van der Waals surface area contributed by atoms with Crippen molar-refractivity contribution < 1.29 is 9.84 Å². The zero-order chi connectivity index (χ0) is 21.7. The van der Waals surface area contributed by atoms with Gasteiger partial charge in [-0.15, -0.1) is 0 Å². The molecular formula is C26H35ClN2O2. The van der Waals surface area contributed by atoms with Crippen LogP contribution in [0.2, 0.25) is 5.02 Å². The lowest BCUT2D eigenvalue weighted by molar-refractivity contribution is -0.0254. The van der Waals surface area contributed by atoms with Crippen molar-refractivity contribution >= 4 is 17.3 Å². The van der Waals surface area contributed by atoms with Gasteiger partial charge in [0.05, 0.1) is 11.7 Å². The van der Waals surface area contributed by atoms with Crippen LogP contribution in [0, 0.1) is 0 Å². The van der Waals surface area contributed by atoms with E-state index in [-0.39, 0.29) is 0 Å². The van der Waals surface area contributed by atoms with E-state index in [1.807, 2.05) is 18.2 Å². The molecule has 1 aliphatic carbocycles. The van der Waals surface area contributed by atoms with Crippen LogP contribution in [-0.2, 0) is 6.42 Å². The Bertz CT molecular complexity index is 830. The molecule has 2 aromatic carbocycles. The molecule has 1 aliphatic heterocycles. The summed E-state index contributed by atoms with van der Waals surface area (Å²) in [4.78, 5) is 4.68. The quantitative estimate of drug-likeness (QED) is 0.581. The van der Waals surface area contributed by atoms with E-state index in [4.69, 9.17) is 16.3 Å². The molecule has 2 aliphatic rings. The van der Waals surface area contributed by atoms with Gasteiger partial charge < -0.3 is 19.6 Å². The number of aliphatic hydroxyl groups is 1. The number of anilines is 1. The van der Waals surface area contributed by atoms with Crippen LogP contribution >= 0.6 is 11.6 Å². The fourth-order valence-corrected chi connectivity index (χ4v) is 4.62. The Morgan fingerprint density at radius 3 is 2.45 bits per heavy atom. The van der Waals surface area contributed by atoms with E-state index in [9.17, 15) is 5.11 Å². The second kappa shape index (κ2) is 10.2. The predicted molar refractivity (Wildman–Crippen MR) is 128 cm³/mol. The highest BCUT2D eigenvalue weighted by atomic mass is 35.5. The summed E-state index contributed by atoms with van der Waals surface area (Å²) < 4.78 is 5.95.